The summed E-state index contributed by atoms with van der Waals surface area (Å²) in [5, 5.41) is 12.1. The number of carboxylic acid groups (broad SMARTS) is 1. The van der Waals surface area contributed by atoms with Crippen molar-refractivity contribution in [3.05, 3.63) is 59.4 Å². The zero-order chi connectivity index (χ0) is 18.4. The van der Waals surface area contributed by atoms with E-state index < -0.39 is 5.97 Å². The summed E-state index contributed by atoms with van der Waals surface area (Å²) in [7, 11) is 0. The molecule has 2 aromatic rings. The molecule has 136 valence electrons. The first-order valence-corrected chi connectivity index (χ1v) is 8.87. The molecule has 3 rings (SSSR count). The van der Waals surface area contributed by atoms with Gasteiger partial charge in [0.2, 0.25) is 5.95 Å². The van der Waals surface area contributed by atoms with Crippen LogP contribution in [0.4, 0.5) is 5.95 Å². The summed E-state index contributed by atoms with van der Waals surface area (Å²) < 4.78 is 0. The van der Waals surface area contributed by atoms with Crippen LogP contribution in [0.25, 0.3) is 6.08 Å². The van der Waals surface area contributed by atoms with Crippen LogP contribution in [0.2, 0.25) is 0 Å². The summed E-state index contributed by atoms with van der Waals surface area (Å²) in [6.45, 7) is 4.95. The lowest BCUT2D eigenvalue weighted by Gasteiger charge is -2.32. The van der Waals surface area contributed by atoms with E-state index in [9.17, 15) is 4.79 Å². The van der Waals surface area contributed by atoms with Crippen molar-refractivity contribution in [2.24, 2.45) is 0 Å². The Balaban J connectivity index is 1.51. The number of piperidine rings is 1. The van der Waals surface area contributed by atoms with Gasteiger partial charge in [-0.25, -0.2) is 14.8 Å². The standard InChI is InChI=1S/C20H24N4O2/c1-15-17(7-8-19(25)26)13-21-20(22-15)23-18-9-11-24(12-10-18)14-16-5-3-2-4-6-16/h2-8,13,18H,9-12,14H2,1H3,(H,25,26)(H,21,22,23)/b8-7+. The van der Waals surface area contributed by atoms with Crippen molar-refractivity contribution in [2.75, 3.05) is 18.4 Å². The van der Waals surface area contributed by atoms with E-state index in [1.54, 1.807) is 6.20 Å². The molecule has 0 amide bonds. The van der Waals surface area contributed by atoms with Crippen LogP contribution in [0.15, 0.2) is 42.6 Å². The Morgan fingerprint density at radius 2 is 2.04 bits per heavy atom. The van der Waals surface area contributed by atoms with Crippen molar-refractivity contribution in [1.29, 1.82) is 0 Å². The van der Waals surface area contributed by atoms with E-state index in [1.807, 2.05) is 13.0 Å². The first-order chi connectivity index (χ1) is 12.6. The molecule has 0 atom stereocenters. The molecule has 0 radical (unpaired) electrons. The summed E-state index contributed by atoms with van der Waals surface area (Å²) in [5.74, 6) is -0.370. The van der Waals surface area contributed by atoms with Crippen LogP contribution in [0, 0.1) is 6.92 Å². The van der Waals surface area contributed by atoms with Crippen molar-refractivity contribution in [1.82, 2.24) is 14.9 Å². The van der Waals surface area contributed by atoms with E-state index in [0.717, 1.165) is 49.8 Å². The molecule has 26 heavy (non-hydrogen) atoms. The number of carbonyl (C=O) groups is 1. The van der Waals surface area contributed by atoms with Gasteiger partial charge in [0.1, 0.15) is 0 Å². The number of nitrogens with zero attached hydrogens (tertiary/aromatic N) is 3. The molecular formula is C20H24N4O2. The molecule has 0 bridgehead atoms. The zero-order valence-electron chi connectivity index (χ0n) is 14.9. The van der Waals surface area contributed by atoms with Crippen molar-refractivity contribution in [3.8, 4) is 0 Å². The Labute approximate surface area is 153 Å². The van der Waals surface area contributed by atoms with Crippen LogP contribution in [-0.2, 0) is 11.3 Å². The average Bonchev–Trinajstić information content (AvgIpc) is 2.63. The van der Waals surface area contributed by atoms with E-state index in [2.05, 4.69) is 44.5 Å². The fourth-order valence-corrected chi connectivity index (χ4v) is 3.13. The molecule has 0 spiro atoms. The number of aliphatic carboxylic acids is 1. The molecule has 1 aliphatic rings. The molecule has 2 heterocycles. The second-order valence-electron chi connectivity index (χ2n) is 6.59. The van der Waals surface area contributed by atoms with Gasteiger partial charge in [-0.2, -0.15) is 0 Å². The number of anilines is 1. The van der Waals surface area contributed by atoms with Crippen LogP contribution in [0.3, 0.4) is 0 Å². The van der Waals surface area contributed by atoms with Gasteiger partial charge in [0.05, 0.1) is 5.69 Å². The normalized spacial score (nSPS) is 16.0. The lowest BCUT2D eigenvalue weighted by atomic mass is 10.0. The highest BCUT2D eigenvalue weighted by Crippen LogP contribution is 2.17. The smallest absolute Gasteiger partial charge is 0.328 e. The van der Waals surface area contributed by atoms with Gasteiger partial charge in [0.25, 0.3) is 0 Å². The molecule has 2 N–H and O–H groups in total. The number of aromatic nitrogens is 2. The minimum Gasteiger partial charge on any atom is -0.478 e. The lowest BCUT2D eigenvalue weighted by Crippen LogP contribution is -2.39. The maximum atomic E-state index is 10.6. The predicted molar refractivity (Wildman–Crippen MR) is 102 cm³/mol. The van der Waals surface area contributed by atoms with Gasteiger partial charge in [-0.05, 0) is 31.4 Å². The third-order valence-corrected chi connectivity index (χ3v) is 4.59. The number of carboxylic acids is 1. The molecule has 1 aromatic heterocycles. The third-order valence-electron chi connectivity index (χ3n) is 4.59. The van der Waals surface area contributed by atoms with E-state index in [-0.39, 0.29) is 0 Å². The van der Waals surface area contributed by atoms with Gasteiger partial charge < -0.3 is 10.4 Å². The summed E-state index contributed by atoms with van der Waals surface area (Å²) in [6, 6.07) is 10.9. The second-order valence-corrected chi connectivity index (χ2v) is 6.59. The Morgan fingerprint density at radius 3 is 2.69 bits per heavy atom. The van der Waals surface area contributed by atoms with E-state index in [0.29, 0.717) is 12.0 Å². The SMILES string of the molecule is Cc1nc(NC2CCN(Cc3ccccc3)CC2)ncc1/C=C/C(=O)O. The van der Waals surface area contributed by atoms with E-state index in [1.165, 1.54) is 11.6 Å². The van der Waals surface area contributed by atoms with Crippen molar-refractivity contribution >= 4 is 18.0 Å². The number of hydrogen-bond donors (Lipinski definition) is 2. The Bertz CT molecular complexity index is 769. The molecular weight excluding hydrogens is 328 g/mol. The largest absolute Gasteiger partial charge is 0.478 e. The van der Waals surface area contributed by atoms with Crippen LogP contribution in [0.5, 0.6) is 0 Å². The van der Waals surface area contributed by atoms with Crippen molar-refractivity contribution in [2.45, 2.75) is 32.4 Å². The molecule has 1 aliphatic heterocycles. The van der Waals surface area contributed by atoms with Crippen LogP contribution < -0.4 is 5.32 Å². The number of benzene rings is 1. The highest BCUT2D eigenvalue weighted by Gasteiger charge is 2.19. The highest BCUT2D eigenvalue weighted by atomic mass is 16.4. The Kier molecular flexibility index (Phi) is 5.96. The predicted octanol–water partition coefficient (Wildman–Crippen LogP) is 2.96. The number of hydrogen-bond acceptors (Lipinski definition) is 5. The topological polar surface area (TPSA) is 78.4 Å². The van der Waals surface area contributed by atoms with Gasteiger partial charge >= 0.3 is 5.97 Å². The molecule has 0 saturated carbocycles. The number of likely N-dealkylation sites (tertiary alicyclic amines) is 1. The second kappa shape index (κ2) is 8.58. The Hall–Kier alpha value is -2.73. The molecule has 1 fully saturated rings. The molecule has 0 aliphatic carbocycles. The van der Waals surface area contributed by atoms with E-state index >= 15 is 0 Å². The maximum absolute atomic E-state index is 10.6. The monoisotopic (exact) mass is 352 g/mol. The number of aryl methyl sites for hydroxylation is 1. The van der Waals surface area contributed by atoms with Gasteiger partial charge in [0.15, 0.2) is 0 Å². The van der Waals surface area contributed by atoms with Crippen molar-refractivity contribution < 1.29 is 9.90 Å². The molecule has 0 unspecified atom stereocenters. The zero-order valence-corrected chi connectivity index (χ0v) is 14.9. The van der Waals surface area contributed by atoms with E-state index in [4.69, 9.17) is 5.11 Å². The summed E-state index contributed by atoms with van der Waals surface area (Å²) >= 11 is 0. The molecule has 6 nitrogen and oxygen atoms in total. The first-order valence-electron chi connectivity index (χ1n) is 8.87. The summed E-state index contributed by atoms with van der Waals surface area (Å²) in [6.07, 6.45) is 6.38. The molecule has 6 heteroatoms. The quantitative estimate of drug-likeness (QED) is 0.778. The first kappa shape index (κ1) is 18.1. The van der Waals surface area contributed by atoms with Gasteiger partial charge in [0, 0.05) is 43.5 Å². The lowest BCUT2D eigenvalue weighted by molar-refractivity contribution is -0.131. The maximum Gasteiger partial charge on any atom is 0.328 e. The van der Waals surface area contributed by atoms with Crippen molar-refractivity contribution in [3.63, 3.8) is 0 Å². The highest BCUT2D eigenvalue weighted by molar-refractivity contribution is 5.85. The fraction of sp³-hybridized carbons (Fsp3) is 0.350. The fourth-order valence-electron chi connectivity index (χ4n) is 3.13. The van der Waals surface area contributed by atoms with Crippen LogP contribution >= 0.6 is 0 Å². The third kappa shape index (κ3) is 5.13. The van der Waals surface area contributed by atoms with Crippen LogP contribution in [-0.4, -0.2) is 45.1 Å². The number of rotatable bonds is 6. The molecule has 1 saturated heterocycles. The van der Waals surface area contributed by atoms with Gasteiger partial charge in [-0.1, -0.05) is 30.3 Å². The Morgan fingerprint density at radius 1 is 1.31 bits per heavy atom. The summed E-state index contributed by atoms with van der Waals surface area (Å²) in [4.78, 5) is 21.9. The van der Waals surface area contributed by atoms with Gasteiger partial charge in [-0.3, -0.25) is 4.90 Å². The minimum absolute atomic E-state index is 0.363. The summed E-state index contributed by atoms with van der Waals surface area (Å²) in [5.41, 5.74) is 2.83. The minimum atomic E-state index is -0.978. The molecule has 1 aromatic carbocycles. The van der Waals surface area contributed by atoms with Crippen LogP contribution in [0.1, 0.15) is 29.7 Å². The van der Waals surface area contributed by atoms with Gasteiger partial charge in [-0.15, -0.1) is 0 Å². The number of nitrogens with one attached hydrogen (secondary N) is 1. The average molecular weight is 352 g/mol.